The molecule has 10 heavy (non-hydrogen) atoms. The minimum absolute atomic E-state index is 0.248. The molecular formula is C8H4FO. The van der Waals surface area contributed by atoms with Gasteiger partial charge < -0.3 is 4.42 Å². The number of furan rings is 1. The van der Waals surface area contributed by atoms with Crippen molar-refractivity contribution in [2.45, 2.75) is 0 Å². The smallest absolute Gasteiger partial charge is 0.177 e. The second-order valence-electron chi connectivity index (χ2n) is 2.07. The van der Waals surface area contributed by atoms with E-state index in [0.717, 1.165) is 10.8 Å². The first kappa shape index (κ1) is 5.47. The number of rotatable bonds is 0. The van der Waals surface area contributed by atoms with Gasteiger partial charge in [0, 0.05) is 10.8 Å². The highest BCUT2D eigenvalue weighted by atomic mass is 19.1. The Morgan fingerprint density at radius 1 is 1.40 bits per heavy atom. The Labute approximate surface area is 57.1 Å². The molecule has 1 radical (unpaired) electrons. The summed E-state index contributed by atoms with van der Waals surface area (Å²) < 4.78 is 17.2. The van der Waals surface area contributed by atoms with Gasteiger partial charge in [-0.25, -0.2) is 4.39 Å². The molecule has 49 valence electrons. The fraction of sp³-hybridized carbons (Fsp3) is 0. The van der Waals surface area contributed by atoms with Crippen molar-refractivity contribution in [3.8, 4) is 0 Å². The Morgan fingerprint density at radius 2 is 2.30 bits per heavy atom. The normalized spacial score (nSPS) is 10.5. The molecule has 0 amide bonds. The third kappa shape index (κ3) is 0.692. The summed E-state index contributed by atoms with van der Waals surface area (Å²) in [5.41, 5.74) is 0. The third-order valence-corrected chi connectivity index (χ3v) is 1.37. The van der Waals surface area contributed by atoms with Gasteiger partial charge in [0.2, 0.25) is 0 Å². The average Bonchev–Trinajstić information content (AvgIpc) is 2.33. The van der Waals surface area contributed by atoms with Gasteiger partial charge in [0.1, 0.15) is 5.82 Å². The van der Waals surface area contributed by atoms with Crippen molar-refractivity contribution >= 4 is 10.8 Å². The maximum Gasteiger partial charge on any atom is 0.177 e. The highest BCUT2D eigenvalue weighted by Crippen LogP contribution is 2.14. The van der Waals surface area contributed by atoms with Gasteiger partial charge >= 0.3 is 0 Å². The molecule has 2 aromatic rings. The Balaban J connectivity index is 2.86. The molecule has 1 heterocycles. The van der Waals surface area contributed by atoms with E-state index in [1.165, 1.54) is 18.4 Å². The molecule has 0 saturated carbocycles. The van der Waals surface area contributed by atoms with Crippen molar-refractivity contribution in [1.82, 2.24) is 0 Å². The Hall–Kier alpha value is -1.31. The van der Waals surface area contributed by atoms with E-state index in [0.29, 0.717) is 0 Å². The van der Waals surface area contributed by atoms with E-state index in [9.17, 15) is 4.39 Å². The first-order valence-corrected chi connectivity index (χ1v) is 2.91. The molecule has 0 spiro atoms. The quantitative estimate of drug-likeness (QED) is 0.540. The van der Waals surface area contributed by atoms with Gasteiger partial charge in [-0.05, 0) is 18.2 Å². The van der Waals surface area contributed by atoms with Crippen molar-refractivity contribution in [3.05, 3.63) is 36.5 Å². The van der Waals surface area contributed by atoms with Crippen LogP contribution in [-0.4, -0.2) is 0 Å². The lowest BCUT2D eigenvalue weighted by Crippen LogP contribution is -1.69. The van der Waals surface area contributed by atoms with Crippen molar-refractivity contribution < 1.29 is 8.81 Å². The molecule has 2 rings (SSSR count). The molecule has 1 aromatic carbocycles. The van der Waals surface area contributed by atoms with Crippen molar-refractivity contribution in [2.75, 3.05) is 0 Å². The first-order valence-electron chi connectivity index (χ1n) is 2.91. The summed E-state index contributed by atoms with van der Waals surface area (Å²) in [6.45, 7) is 0. The van der Waals surface area contributed by atoms with Crippen molar-refractivity contribution in [2.24, 2.45) is 0 Å². The van der Waals surface area contributed by atoms with Crippen LogP contribution in [0.25, 0.3) is 10.8 Å². The number of fused-ring (bicyclic) bond motifs is 1. The Bertz CT molecular complexity index is 351. The summed E-state index contributed by atoms with van der Waals surface area (Å²) in [5.74, 6) is -0.248. The van der Waals surface area contributed by atoms with Crippen molar-refractivity contribution in [1.29, 1.82) is 0 Å². The zero-order valence-corrected chi connectivity index (χ0v) is 5.10. The summed E-state index contributed by atoms with van der Waals surface area (Å²) in [6.07, 6.45) is 4.08. The second-order valence-corrected chi connectivity index (χ2v) is 2.07. The van der Waals surface area contributed by atoms with Crippen LogP contribution in [0.15, 0.2) is 28.9 Å². The van der Waals surface area contributed by atoms with Gasteiger partial charge in [0.15, 0.2) is 6.26 Å². The minimum atomic E-state index is -0.248. The second kappa shape index (κ2) is 1.84. The SMILES string of the molecule is Fc1ccc2[c]occ2c1. The average molecular weight is 135 g/mol. The van der Waals surface area contributed by atoms with Crippen LogP contribution < -0.4 is 0 Å². The maximum atomic E-state index is 12.5. The van der Waals surface area contributed by atoms with E-state index >= 15 is 0 Å². The topological polar surface area (TPSA) is 13.1 Å². The lowest BCUT2D eigenvalue weighted by molar-refractivity contribution is 0.563. The molecule has 2 heteroatoms. The highest BCUT2D eigenvalue weighted by Gasteiger charge is 1.96. The molecule has 1 aromatic heterocycles. The van der Waals surface area contributed by atoms with Crippen LogP contribution in [0.4, 0.5) is 4.39 Å². The minimum Gasteiger partial charge on any atom is -0.460 e. The van der Waals surface area contributed by atoms with Crippen LogP contribution in [-0.2, 0) is 0 Å². The van der Waals surface area contributed by atoms with E-state index in [2.05, 4.69) is 6.26 Å². The Kier molecular flexibility index (Phi) is 1.01. The number of benzene rings is 1. The zero-order valence-electron chi connectivity index (χ0n) is 5.10. The zero-order chi connectivity index (χ0) is 6.97. The van der Waals surface area contributed by atoms with Crippen LogP contribution in [0.2, 0.25) is 0 Å². The molecule has 0 aliphatic heterocycles. The summed E-state index contributed by atoms with van der Waals surface area (Å²) in [4.78, 5) is 0. The van der Waals surface area contributed by atoms with Crippen LogP contribution in [0.3, 0.4) is 0 Å². The molecule has 1 nitrogen and oxygen atoms in total. The summed E-state index contributed by atoms with van der Waals surface area (Å²) in [6, 6.07) is 4.43. The van der Waals surface area contributed by atoms with Gasteiger partial charge in [-0.1, -0.05) is 0 Å². The van der Waals surface area contributed by atoms with E-state index in [4.69, 9.17) is 4.42 Å². The summed E-state index contributed by atoms with van der Waals surface area (Å²) in [7, 11) is 0. The highest BCUT2D eigenvalue weighted by molar-refractivity contribution is 5.80. The predicted molar refractivity (Wildman–Crippen MR) is 35.0 cm³/mol. The monoisotopic (exact) mass is 135 g/mol. The maximum absolute atomic E-state index is 12.5. The standard InChI is InChI=1S/C8H4FO/c9-8-2-1-6-4-10-5-7(6)3-8/h1-3,5H. The first-order chi connectivity index (χ1) is 4.86. The molecule has 0 fully saturated rings. The molecular weight excluding hydrogens is 131 g/mol. The fourth-order valence-electron chi connectivity index (χ4n) is 0.880. The third-order valence-electron chi connectivity index (χ3n) is 1.37. The van der Waals surface area contributed by atoms with Crippen LogP contribution in [0, 0.1) is 12.1 Å². The summed E-state index contributed by atoms with van der Waals surface area (Å²) >= 11 is 0. The lowest BCUT2D eigenvalue weighted by atomic mass is 10.2. The molecule has 0 aliphatic carbocycles. The summed E-state index contributed by atoms with van der Waals surface area (Å²) in [5, 5.41) is 1.56. The van der Waals surface area contributed by atoms with Gasteiger partial charge in [0.05, 0.1) is 6.26 Å². The largest absolute Gasteiger partial charge is 0.460 e. The fourth-order valence-corrected chi connectivity index (χ4v) is 0.880. The lowest BCUT2D eigenvalue weighted by Gasteiger charge is -1.85. The number of hydrogen-bond donors (Lipinski definition) is 0. The number of hydrogen-bond acceptors (Lipinski definition) is 1. The molecule has 0 N–H and O–H groups in total. The van der Waals surface area contributed by atoms with E-state index < -0.39 is 0 Å². The van der Waals surface area contributed by atoms with Crippen LogP contribution in [0.1, 0.15) is 0 Å². The van der Waals surface area contributed by atoms with Crippen molar-refractivity contribution in [3.63, 3.8) is 0 Å². The Morgan fingerprint density at radius 3 is 3.20 bits per heavy atom. The molecule has 0 unspecified atom stereocenters. The van der Waals surface area contributed by atoms with Crippen LogP contribution in [0.5, 0.6) is 0 Å². The molecule has 0 aliphatic rings. The van der Waals surface area contributed by atoms with Gasteiger partial charge in [-0.2, -0.15) is 0 Å². The van der Waals surface area contributed by atoms with Gasteiger partial charge in [0.25, 0.3) is 0 Å². The van der Waals surface area contributed by atoms with Gasteiger partial charge in [-0.3, -0.25) is 0 Å². The van der Waals surface area contributed by atoms with E-state index in [1.54, 1.807) is 6.07 Å². The molecule has 0 saturated heterocycles. The van der Waals surface area contributed by atoms with Crippen LogP contribution >= 0.6 is 0 Å². The van der Waals surface area contributed by atoms with Gasteiger partial charge in [-0.15, -0.1) is 0 Å². The molecule has 0 bridgehead atoms. The number of halogens is 1. The predicted octanol–water partition coefficient (Wildman–Crippen LogP) is 2.37. The van der Waals surface area contributed by atoms with E-state index in [1.807, 2.05) is 0 Å². The molecule has 0 atom stereocenters. The van der Waals surface area contributed by atoms with E-state index in [-0.39, 0.29) is 5.82 Å².